The number of rotatable bonds is 10. The summed E-state index contributed by atoms with van der Waals surface area (Å²) in [5.41, 5.74) is 0.962. The molecule has 0 aliphatic heterocycles. The van der Waals surface area contributed by atoms with Crippen LogP contribution in [0.5, 0.6) is 11.5 Å². The Kier molecular flexibility index (Phi) is 8.38. The number of ether oxygens (including phenoxy) is 3. The minimum Gasteiger partial charge on any atom is -0.493 e. The fraction of sp³-hybridized carbons (Fsp3) is 0.300. The third-order valence-corrected chi connectivity index (χ3v) is 4.47. The lowest BCUT2D eigenvalue weighted by molar-refractivity contribution is -0.150. The number of nitrogens with one attached hydrogen (secondary N) is 1. The van der Waals surface area contributed by atoms with Crippen LogP contribution in [0.2, 0.25) is 0 Å². The number of methoxy groups -OCH3 is 1. The minimum atomic E-state index is -0.622. The molecule has 2 rings (SSSR count). The zero-order chi connectivity index (χ0) is 19.5. The number of hydrogen-bond donors (Lipinski definition) is 1. The largest absolute Gasteiger partial charge is 0.493 e. The Morgan fingerprint density at radius 3 is 2.74 bits per heavy atom. The Balaban J connectivity index is 1.70. The van der Waals surface area contributed by atoms with E-state index in [-0.39, 0.29) is 19.1 Å². The van der Waals surface area contributed by atoms with E-state index in [0.717, 1.165) is 12.0 Å². The highest BCUT2D eigenvalue weighted by atomic mass is 32.1. The lowest BCUT2D eigenvalue weighted by atomic mass is 10.2. The number of hydrogen-bond acceptors (Lipinski definition) is 6. The number of allylic oxidation sites excluding steroid dienone is 1. The minimum absolute atomic E-state index is 0.304. The van der Waals surface area contributed by atoms with E-state index >= 15 is 0 Å². The summed E-state index contributed by atoms with van der Waals surface area (Å²) >= 11 is 1.64. The van der Waals surface area contributed by atoms with E-state index in [2.05, 4.69) is 5.32 Å². The first-order chi connectivity index (χ1) is 13.1. The second-order valence-corrected chi connectivity index (χ2v) is 6.57. The van der Waals surface area contributed by atoms with Gasteiger partial charge in [-0.15, -0.1) is 11.3 Å². The maximum absolute atomic E-state index is 11.8. The summed E-state index contributed by atoms with van der Waals surface area (Å²) in [5, 5.41) is 4.70. The van der Waals surface area contributed by atoms with Gasteiger partial charge in [0.05, 0.1) is 7.11 Å². The normalized spacial score (nSPS) is 10.6. The fourth-order valence-corrected chi connectivity index (χ4v) is 2.96. The summed E-state index contributed by atoms with van der Waals surface area (Å²) in [6, 6.07) is 9.35. The highest BCUT2D eigenvalue weighted by molar-refractivity contribution is 7.09. The van der Waals surface area contributed by atoms with Crippen LogP contribution in [0.1, 0.15) is 17.4 Å². The SMILES string of the molecule is C/C=C/c1ccc(OCC(=O)OCC(=O)NCCc2cccs2)c(OC)c1. The molecule has 0 aliphatic rings. The first-order valence-electron chi connectivity index (χ1n) is 8.50. The third kappa shape index (κ3) is 7.15. The highest BCUT2D eigenvalue weighted by Gasteiger charge is 2.11. The molecular weight excluding hydrogens is 366 g/mol. The highest BCUT2D eigenvalue weighted by Crippen LogP contribution is 2.28. The van der Waals surface area contributed by atoms with E-state index in [4.69, 9.17) is 14.2 Å². The molecule has 0 atom stereocenters. The molecule has 1 amide bonds. The molecule has 0 fully saturated rings. The van der Waals surface area contributed by atoms with Gasteiger partial charge in [-0.05, 0) is 42.5 Å². The van der Waals surface area contributed by atoms with Crippen LogP contribution in [0, 0.1) is 0 Å². The first-order valence-corrected chi connectivity index (χ1v) is 9.38. The van der Waals surface area contributed by atoms with Crippen molar-refractivity contribution >= 4 is 29.3 Å². The van der Waals surface area contributed by atoms with Crippen LogP contribution in [0.25, 0.3) is 6.08 Å². The fourth-order valence-electron chi connectivity index (χ4n) is 2.25. The summed E-state index contributed by atoms with van der Waals surface area (Å²) in [4.78, 5) is 24.7. The predicted octanol–water partition coefficient (Wildman–Crippen LogP) is 3.07. The zero-order valence-corrected chi connectivity index (χ0v) is 16.2. The monoisotopic (exact) mass is 389 g/mol. The van der Waals surface area contributed by atoms with Gasteiger partial charge in [-0.25, -0.2) is 4.79 Å². The number of thiophene rings is 1. The topological polar surface area (TPSA) is 73.9 Å². The lowest BCUT2D eigenvalue weighted by Gasteiger charge is -2.11. The predicted molar refractivity (Wildman–Crippen MR) is 105 cm³/mol. The van der Waals surface area contributed by atoms with Crippen molar-refractivity contribution in [3.63, 3.8) is 0 Å². The number of benzene rings is 1. The molecule has 6 nitrogen and oxygen atoms in total. The molecule has 0 unspecified atom stereocenters. The molecule has 2 aromatic rings. The Morgan fingerprint density at radius 1 is 1.19 bits per heavy atom. The van der Waals surface area contributed by atoms with E-state index in [1.807, 2.05) is 48.7 Å². The van der Waals surface area contributed by atoms with Crippen molar-refractivity contribution in [1.29, 1.82) is 0 Å². The van der Waals surface area contributed by atoms with E-state index in [1.54, 1.807) is 17.4 Å². The standard InChI is InChI=1S/C20H23NO5S/c1-3-5-15-7-8-17(18(12-15)24-2)25-14-20(23)26-13-19(22)21-10-9-16-6-4-11-27-16/h3-8,11-12H,9-10,13-14H2,1-2H3,(H,21,22)/b5-3+. The number of carbonyl (C=O) groups is 2. The quantitative estimate of drug-likeness (QED) is 0.632. The van der Waals surface area contributed by atoms with Crippen LogP contribution in [0.15, 0.2) is 41.8 Å². The number of carbonyl (C=O) groups excluding carboxylic acids is 2. The van der Waals surface area contributed by atoms with Gasteiger partial charge in [0, 0.05) is 11.4 Å². The van der Waals surface area contributed by atoms with Gasteiger partial charge in [0.2, 0.25) is 0 Å². The Labute approximate surface area is 162 Å². The van der Waals surface area contributed by atoms with Crippen molar-refractivity contribution in [3.05, 3.63) is 52.2 Å². The molecule has 0 saturated heterocycles. The van der Waals surface area contributed by atoms with Gasteiger partial charge in [-0.1, -0.05) is 24.3 Å². The van der Waals surface area contributed by atoms with Crippen LogP contribution in [0.4, 0.5) is 0 Å². The van der Waals surface area contributed by atoms with Crippen molar-refractivity contribution in [3.8, 4) is 11.5 Å². The number of esters is 1. The second kappa shape index (κ2) is 11.0. The molecule has 0 bridgehead atoms. The third-order valence-electron chi connectivity index (χ3n) is 3.53. The van der Waals surface area contributed by atoms with Gasteiger partial charge in [-0.3, -0.25) is 4.79 Å². The number of amides is 1. The van der Waals surface area contributed by atoms with Crippen molar-refractivity contribution in [2.24, 2.45) is 0 Å². The van der Waals surface area contributed by atoms with Crippen LogP contribution in [-0.2, 0) is 20.7 Å². The van der Waals surface area contributed by atoms with Crippen molar-refractivity contribution < 1.29 is 23.8 Å². The van der Waals surface area contributed by atoms with E-state index in [0.29, 0.717) is 18.0 Å². The summed E-state index contributed by atoms with van der Waals surface area (Å²) < 4.78 is 15.6. The van der Waals surface area contributed by atoms with E-state index < -0.39 is 5.97 Å². The molecule has 0 radical (unpaired) electrons. The van der Waals surface area contributed by atoms with Gasteiger partial charge in [0.25, 0.3) is 5.91 Å². The summed E-state index contributed by atoms with van der Waals surface area (Å²) in [6.07, 6.45) is 4.60. The molecule has 1 heterocycles. The second-order valence-electron chi connectivity index (χ2n) is 5.54. The molecule has 1 aromatic carbocycles. The average Bonchev–Trinajstić information content (AvgIpc) is 3.19. The van der Waals surface area contributed by atoms with Crippen LogP contribution in [0.3, 0.4) is 0 Å². The first kappa shape index (κ1) is 20.5. The molecule has 0 spiro atoms. The molecule has 144 valence electrons. The molecule has 1 N–H and O–H groups in total. The maximum Gasteiger partial charge on any atom is 0.344 e. The Hall–Kier alpha value is -2.80. The Bertz CT molecular complexity index is 771. The maximum atomic E-state index is 11.8. The summed E-state index contributed by atoms with van der Waals surface area (Å²) in [5.74, 6) is -0.0102. The Morgan fingerprint density at radius 2 is 2.04 bits per heavy atom. The van der Waals surface area contributed by atoms with Crippen molar-refractivity contribution in [1.82, 2.24) is 5.32 Å². The van der Waals surface area contributed by atoms with Crippen LogP contribution < -0.4 is 14.8 Å². The van der Waals surface area contributed by atoms with Crippen molar-refractivity contribution in [2.45, 2.75) is 13.3 Å². The van der Waals surface area contributed by atoms with Gasteiger partial charge in [0.1, 0.15) is 0 Å². The molecule has 0 saturated carbocycles. The van der Waals surface area contributed by atoms with Gasteiger partial charge >= 0.3 is 5.97 Å². The lowest BCUT2D eigenvalue weighted by Crippen LogP contribution is -2.31. The van der Waals surface area contributed by atoms with Crippen LogP contribution >= 0.6 is 11.3 Å². The summed E-state index contributed by atoms with van der Waals surface area (Å²) in [6.45, 7) is 1.79. The zero-order valence-electron chi connectivity index (χ0n) is 15.4. The smallest absolute Gasteiger partial charge is 0.344 e. The summed E-state index contributed by atoms with van der Waals surface area (Å²) in [7, 11) is 1.53. The molecule has 0 aliphatic carbocycles. The molecular formula is C20H23NO5S. The van der Waals surface area contributed by atoms with Crippen molar-refractivity contribution in [2.75, 3.05) is 26.9 Å². The van der Waals surface area contributed by atoms with E-state index in [1.165, 1.54) is 12.0 Å². The molecule has 1 aromatic heterocycles. The molecule has 27 heavy (non-hydrogen) atoms. The van der Waals surface area contributed by atoms with Gasteiger partial charge in [0.15, 0.2) is 24.7 Å². The van der Waals surface area contributed by atoms with Gasteiger partial charge < -0.3 is 19.5 Å². The van der Waals surface area contributed by atoms with E-state index in [9.17, 15) is 9.59 Å². The average molecular weight is 389 g/mol. The van der Waals surface area contributed by atoms with Crippen LogP contribution in [-0.4, -0.2) is 38.7 Å². The molecule has 7 heteroatoms. The van der Waals surface area contributed by atoms with Gasteiger partial charge in [-0.2, -0.15) is 0 Å².